The van der Waals surface area contributed by atoms with E-state index in [9.17, 15) is 13.2 Å². The highest BCUT2D eigenvalue weighted by Gasteiger charge is 2.36. The summed E-state index contributed by atoms with van der Waals surface area (Å²) in [5.41, 5.74) is 1.62. The molecule has 2 aliphatic heterocycles. The van der Waals surface area contributed by atoms with Gasteiger partial charge in [0.25, 0.3) is 10.2 Å². The highest BCUT2D eigenvalue weighted by atomic mass is 32.2. The van der Waals surface area contributed by atoms with Crippen LogP contribution in [0.5, 0.6) is 11.5 Å². The number of carbonyl (C=O) groups excluding carboxylic acids is 1. The molecule has 5 rings (SSSR count). The lowest BCUT2D eigenvalue weighted by molar-refractivity contribution is -0.121. The number of fused-ring (bicyclic) bond motifs is 1. The number of amides is 1. The third-order valence-corrected chi connectivity index (χ3v) is 8.52. The molecule has 39 heavy (non-hydrogen) atoms. The van der Waals surface area contributed by atoms with Gasteiger partial charge in [0.05, 0.1) is 6.04 Å². The van der Waals surface area contributed by atoms with Gasteiger partial charge in [0, 0.05) is 70.8 Å². The fraction of sp³-hybridized carbons (Fsp3) is 0.440. The average Bonchev–Trinajstić information content (AvgIpc) is 3.47. The smallest absolute Gasteiger partial charge is 0.281 e. The van der Waals surface area contributed by atoms with E-state index in [0.29, 0.717) is 49.6 Å². The minimum Gasteiger partial charge on any atom is -0.486 e. The van der Waals surface area contributed by atoms with E-state index >= 15 is 0 Å². The molecule has 208 valence electrons. The Bertz CT molecular complexity index is 1430. The van der Waals surface area contributed by atoms with Crippen LogP contribution >= 0.6 is 0 Å². The highest BCUT2D eigenvalue weighted by molar-refractivity contribution is 7.86. The van der Waals surface area contributed by atoms with E-state index in [4.69, 9.17) is 14.5 Å². The van der Waals surface area contributed by atoms with Crippen LogP contribution < -0.4 is 19.7 Å². The van der Waals surface area contributed by atoms with E-state index in [1.165, 1.54) is 22.7 Å². The second-order valence-electron chi connectivity index (χ2n) is 9.59. The van der Waals surface area contributed by atoms with Crippen molar-refractivity contribution in [2.75, 3.05) is 51.8 Å². The molecule has 0 aliphatic carbocycles. The molecule has 1 saturated heterocycles. The van der Waals surface area contributed by atoms with Crippen LogP contribution in [0.2, 0.25) is 0 Å². The summed E-state index contributed by atoms with van der Waals surface area (Å²) >= 11 is 0. The molecule has 2 aliphatic rings. The summed E-state index contributed by atoms with van der Waals surface area (Å²) in [7, 11) is -0.649. The topological polar surface area (TPSA) is 135 Å². The van der Waals surface area contributed by atoms with Crippen molar-refractivity contribution in [1.29, 1.82) is 0 Å². The lowest BCUT2D eigenvalue weighted by Gasteiger charge is -2.42. The number of benzene rings is 1. The van der Waals surface area contributed by atoms with Gasteiger partial charge in [0.1, 0.15) is 25.4 Å². The van der Waals surface area contributed by atoms with Crippen molar-refractivity contribution in [3.8, 4) is 17.4 Å². The van der Waals surface area contributed by atoms with E-state index in [0.717, 1.165) is 11.3 Å². The number of aryl methyl sites for hydroxylation is 1. The number of piperazine rings is 1. The average molecular weight is 557 g/mol. The van der Waals surface area contributed by atoms with Crippen molar-refractivity contribution in [2.45, 2.75) is 25.9 Å². The van der Waals surface area contributed by atoms with Crippen molar-refractivity contribution in [3.05, 3.63) is 54.2 Å². The molecular formula is C25H32N8O5S. The number of aromatic nitrogens is 4. The van der Waals surface area contributed by atoms with Crippen LogP contribution in [-0.4, -0.2) is 95.4 Å². The Morgan fingerprint density at radius 2 is 1.92 bits per heavy atom. The lowest BCUT2D eigenvalue weighted by atomic mass is 10.1. The minimum absolute atomic E-state index is 0.0768. The van der Waals surface area contributed by atoms with Gasteiger partial charge in [-0.3, -0.25) is 9.36 Å². The molecule has 1 fully saturated rings. The molecule has 13 nitrogen and oxygen atoms in total. The summed E-state index contributed by atoms with van der Waals surface area (Å²) in [6.07, 6.45) is 5.09. The van der Waals surface area contributed by atoms with Crippen LogP contribution in [0, 0.1) is 6.92 Å². The molecule has 0 saturated carbocycles. The summed E-state index contributed by atoms with van der Waals surface area (Å²) in [4.78, 5) is 28.4. The van der Waals surface area contributed by atoms with Crippen molar-refractivity contribution in [2.24, 2.45) is 0 Å². The van der Waals surface area contributed by atoms with E-state index in [-0.39, 0.29) is 25.4 Å². The predicted molar refractivity (Wildman–Crippen MR) is 143 cm³/mol. The zero-order valence-corrected chi connectivity index (χ0v) is 23.0. The summed E-state index contributed by atoms with van der Waals surface area (Å²) in [5.74, 6) is 2.21. The lowest BCUT2D eigenvalue weighted by Crippen LogP contribution is -2.58. The highest BCUT2D eigenvalue weighted by Crippen LogP contribution is 2.31. The predicted octanol–water partition coefficient (Wildman–Crippen LogP) is 0.745. The molecule has 4 heterocycles. The van der Waals surface area contributed by atoms with E-state index in [1.54, 1.807) is 23.3 Å². The van der Waals surface area contributed by atoms with Gasteiger partial charge in [-0.1, -0.05) is 6.07 Å². The molecule has 1 aromatic carbocycles. The van der Waals surface area contributed by atoms with Gasteiger partial charge in [0.2, 0.25) is 11.9 Å². The molecular weight excluding hydrogens is 524 g/mol. The second kappa shape index (κ2) is 11.2. The number of imidazole rings is 1. The summed E-state index contributed by atoms with van der Waals surface area (Å²) < 4.78 is 41.4. The van der Waals surface area contributed by atoms with Crippen LogP contribution in [0.3, 0.4) is 0 Å². The van der Waals surface area contributed by atoms with Crippen LogP contribution in [0.15, 0.2) is 43.0 Å². The monoisotopic (exact) mass is 556 g/mol. The van der Waals surface area contributed by atoms with Gasteiger partial charge in [-0.2, -0.15) is 22.0 Å². The first-order chi connectivity index (χ1) is 18.7. The number of nitrogens with zero attached hydrogens (tertiary/aromatic N) is 7. The quantitative estimate of drug-likeness (QED) is 0.426. The Morgan fingerprint density at radius 1 is 1.13 bits per heavy atom. The SMILES string of the molecule is Cc1cc(N2CCN(S(=O)(=O)N(C)C)CC2CC(=O)NCc2ccc3c(c2)OCCO3)nc(-n2ccnc2)n1. The van der Waals surface area contributed by atoms with E-state index in [1.807, 2.05) is 36.1 Å². The standard InChI is InChI=1S/C25H32N8O5S/c1-18-12-23(29-25(28-18)31-7-6-26-17-31)33-9-8-32(39(35,36)30(2)3)16-20(33)14-24(34)27-15-19-4-5-21-22(13-19)38-11-10-37-21/h4-7,12-13,17,20H,8-11,14-16H2,1-3H3,(H,27,34). The van der Waals surface area contributed by atoms with Crippen molar-refractivity contribution >= 4 is 21.9 Å². The van der Waals surface area contributed by atoms with Crippen LogP contribution in [0.4, 0.5) is 5.82 Å². The number of hydrogen-bond donors (Lipinski definition) is 1. The van der Waals surface area contributed by atoms with Crippen LogP contribution in [-0.2, 0) is 21.5 Å². The molecule has 1 N–H and O–H groups in total. The zero-order chi connectivity index (χ0) is 27.6. The minimum atomic E-state index is -3.65. The third-order valence-electron chi connectivity index (χ3n) is 6.61. The number of hydrogen-bond acceptors (Lipinski definition) is 9. The van der Waals surface area contributed by atoms with Gasteiger partial charge in [-0.25, -0.2) is 9.97 Å². The largest absolute Gasteiger partial charge is 0.486 e. The van der Waals surface area contributed by atoms with E-state index in [2.05, 4.69) is 15.3 Å². The number of carbonyl (C=O) groups is 1. The Morgan fingerprint density at radius 3 is 2.67 bits per heavy atom. The fourth-order valence-electron chi connectivity index (χ4n) is 4.60. The maximum Gasteiger partial charge on any atom is 0.281 e. The number of rotatable bonds is 8. The summed E-state index contributed by atoms with van der Waals surface area (Å²) in [6.45, 7) is 3.94. The Labute approximate surface area is 227 Å². The van der Waals surface area contributed by atoms with Crippen molar-refractivity contribution in [3.63, 3.8) is 0 Å². The number of anilines is 1. The maximum atomic E-state index is 13.1. The normalized spacial score (nSPS) is 17.8. The summed E-state index contributed by atoms with van der Waals surface area (Å²) in [5, 5.41) is 2.96. The first-order valence-electron chi connectivity index (χ1n) is 12.6. The van der Waals surface area contributed by atoms with Gasteiger partial charge in [0.15, 0.2) is 11.5 Å². The molecule has 0 radical (unpaired) electrons. The molecule has 14 heteroatoms. The van der Waals surface area contributed by atoms with E-state index < -0.39 is 16.3 Å². The Balaban J connectivity index is 1.35. The first-order valence-corrected chi connectivity index (χ1v) is 14.0. The molecule has 0 bridgehead atoms. The number of nitrogens with one attached hydrogen (secondary N) is 1. The molecule has 1 atom stereocenters. The third kappa shape index (κ3) is 5.97. The van der Waals surface area contributed by atoms with Gasteiger partial charge >= 0.3 is 0 Å². The first kappa shape index (κ1) is 26.8. The Hall–Kier alpha value is -3.75. The van der Waals surface area contributed by atoms with Gasteiger partial charge in [-0.05, 0) is 24.6 Å². The Kier molecular flexibility index (Phi) is 7.68. The van der Waals surface area contributed by atoms with Crippen LogP contribution in [0.25, 0.3) is 5.95 Å². The zero-order valence-electron chi connectivity index (χ0n) is 22.1. The molecule has 2 aromatic heterocycles. The maximum absolute atomic E-state index is 13.1. The van der Waals surface area contributed by atoms with Crippen molar-refractivity contribution in [1.82, 2.24) is 33.4 Å². The molecule has 1 unspecified atom stereocenters. The summed E-state index contributed by atoms with van der Waals surface area (Å²) in [6, 6.07) is 6.97. The van der Waals surface area contributed by atoms with Crippen LogP contribution in [0.1, 0.15) is 17.7 Å². The van der Waals surface area contributed by atoms with Gasteiger partial charge in [-0.15, -0.1) is 0 Å². The number of ether oxygens (including phenoxy) is 2. The second-order valence-corrected chi connectivity index (χ2v) is 11.7. The molecule has 3 aromatic rings. The molecule has 0 spiro atoms. The molecule has 1 amide bonds. The fourth-order valence-corrected chi connectivity index (χ4v) is 5.74. The van der Waals surface area contributed by atoms with Gasteiger partial charge < -0.3 is 19.7 Å². The van der Waals surface area contributed by atoms with Crippen molar-refractivity contribution < 1.29 is 22.7 Å².